The van der Waals surface area contributed by atoms with Crippen LogP contribution in [0.25, 0.3) is 0 Å². The molecule has 0 saturated carbocycles. The molecule has 1 atom stereocenters. The molecule has 1 fully saturated rings. The first-order valence-electron chi connectivity index (χ1n) is 7.01. The van der Waals surface area contributed by atoms with E-state index in [1.807, 2.05) is 19.1 Å². The smallest absolute Gasteiger partial charge is 0.328 e. The Hall–Kier alpha value is -1.75. The van der Waals surface area contributed by atoms with Gasteiger partial charge >= 0.3 is 5.97 Å². The second-order valence-electron chi connectivity index (χ2n) is 4.77. The molecule has 5 heteroatoms. The van der Waals surface area contributed by atoms with E-state index in [0.29, 0.717) is 6.42 Å². The lowest BCUT2D eigenvalue weighted by atomic mass is 10.2. The van der Waals surface area contributed by atoms with Crippen LogP contribution < -0.4 is 10.2 Å². The Bertz CT molecular complexity index is 427. The molecule has 0 aliphatic carbocycles. The minimum Gasteiger partial charge on any atom is -0.467 e. The third kappa shape index (κ3) is 3.63. The SMILES string of the molecule is CCC(Nc1ccc(N2CCOCC2)cc1)C(=O)OC. The molecule has 1 aliphatic rings. The third-order valence-corrected chi connectivity index (χ3v) is 3.48. The molecule has 1 unspecified atom stereocenters. The van der Waals surface area contributed by atoms with E-state index >= 15 is 0 Å². The molecule has 1 aromatic rings. The molecule has 110 valence electrons. The second-order valence-corrected chi connectivity index (χ2v) is 4.77. The first-order valence-corrected chi connectivity index (χ1v) is 7.01. The minimum absolute atomic E-state index is 0.232. The highest BCUT2D eigenvalue weighted by atomic mass is 16.5. The summed E-state index contributed by atoms with van der Waals surface area (Å²) in [6.45, 7) is 5.36. The van der Waals surface area contributed by atoms with Gasteiger partial charge in [0.15, 0.2) is 0 Å². The van der Waals surface area contributed by atoms with Crippen LogP contribution in [0.3, 0.4) is 0 Å². The molecule has 0 amide bonds. The van der Waals surface area contributed by atoms with E-state index in [0.717, 1.165) is 32.0 Å². The van der Waals surface area contributed by atoms with Gasteiger partial charge in [-0.3, -0.25) is 0 Å². The van der Waals surface area contributed by atoms with Crippen LogP contribution >= 0.6 is 0 Å². The van der Waals surface area contributed by atoms with Crippen molar-refractivity contribution in [2.75, 3.05) is 43.6 Å². The number of hydrogen-bond acceptors (Lipinski definition) is 5. The van der Waals surface area contributed by atoms with Gasteiger partial charge in [-0.15, -0.1) is 0 Å². The van der Waals surface area contributed by atoms with Gasteiger partial charge in [0, 0.05) is 24.5 Å². The zero-order valence-electron chi connectivity index (χ0n) is 12.1. The number of benzene rings is 1. The summed E-state index contributed by atoms with van der Waals surface area (Å²) in [4.78, 5) is 13.9. The monoisotopic (exact) mass is 278 g/mol. The molecule has 0 radical (unpaired) electrons. The van der Waals surface area contributed by atoms with Crippen LogP contribution in [0.1, 0.15) is 13.3 Å². The summed E-state index contributed by atoms with van der Waals surface area (Å²) in [5.74, 6) is -0.232. The number of esters is 1. The highest BCUT2D eigenvalue weighted by Gasteiger charge is 2.16. The third-order valence-electron chi connectivity index (χ3n) is 3.48. The maximum absolute atomic E-state index is 11.6. The number of anilines is 2. The Labute approximate surface area is 119 Å². The van der Waals surface area contributed by atoms with Gasteiger partial charge < -0.3 is 19.7 Å². The highest BCUT2D eigenvalue weighted by molar-refractivity contribution is 5.79. The number of nitrogens with one attached hydrogen (secondary N) is 1. The lowest BCUT2D eigenvalue weighted by Gasteiger charge is -2.29. The number of ether oxygens (including phenoxy) is 2. The highest BCUT2D eigenvalue weighted by Crippen LogP contribution is 2.20. The van der Waals surface area contributed by atoms with Gasteiger partial charge in [-0.2, -0.15) is 0 Å². The van der Waals surface area contributed by atoms with Crippen LogP contribution in [-0.2, 0) is 14.3 Å². The fourth-order valence-electron chi connectivity index (χ4n) is 2.26. The minimum atomic E-state index is -0.297. The number of carbonyl (C=O) groups is 1. The number of carbonyl (C=O) groups excluding carboxylic acids is 1. The van der Waals surface area contributed by atoms with Crippen LogP contribution in [0.15, 0.2) is 24.3 Å². The first kappa shape index (κ1) is 14.7. The summed E-state index contributed by atoms with van der Waals surface area (Å²) in [6.07, 6.45) is 0.692. The zero-order chi connectivity index (χ0) is 14.4. The van der Waals surface area contributed by atoms with Crippen molar-refractivity contribution in [3.63, 3.8) is 0 Å². The number of hydrogen-bond donors (Lipinski definition) is 1. The van der Waals surface area contributed by atoms with Crippen molar-refractivity contribution < 1.29 is 14.3 Å². The van der Waals surface area contributed by atoms with Crippen molar-refractivity contribution in [1.82, 2.24) is 0 Å². The average Bonchev–Trinajstić information content (AvgIpc) is 2.53. The fourth-order valence-corrected chi connectivity index (χ4v) is 2.26. The topological polar surface area (TPSA) is 50.8 Å². The maximum Gasteiger partial charge on any atom is 0.328 e. The fraction of sp³-hybridized carbons (Fsp3) is 0.533. The summed E-state index contributed by atoms with van der Waals surface area (Å²) >= 11 is 0. The molecule has 1 heterocycles. The summed E-state index contributed by atoms with van der Waals surface area (Å²) in [5.41, 5.74) is 2.12. The Kier molecular flexibility index (Phi) is 5.24. The molecule has 1 saturated heterocycles. The Morgan fingerprint density at radius 2 is 2.00 bits per heavy atom. The Balaban J connectivity index is 1.98. The Morgan fingerprint density at radius 1 is 1.35 bits per heavy atom. The van der Waals surface area contributed by atoms with Crippen molar-refractivity contribution in [3.05, 3.63) is 24.3 Å². The first-order chi connectivity index (χ1) is 9.74. The second kappa shape index (κ2) is 7.14. The molecule has 1 N–H and O–H groups in total. The van der Waals surface area contributed by atoms with Crippen molar-refractivity contribution in [2.45, 2.75) is 19.4 Å². The summed E-state index contributed by atoms with van der Waals surface area (Å²) in [6, 6.07) is 7.83. The van der Waals surface area contributed by atoms with E-state index in [9.17, 15) is 4.79 Å². The predicted octanol–water partition coefficient (Wildman–Crippen LogP) is 1.89. The maximum atomic E-state index is 11.6. The molecule has 1 aliphatic heterocycles. The number of nitrogens with zero attached hydrogens (tertiary/aromatic N) is 1. The van der Waals surface area contributed by atoms with Gasteiger partial charge in [0.2, 0.25) is 0 Å². The molecular weight excluding hydrogens is 256 g/mol. The number of rotatable bonds is 5. The van der Waals surface area contributed by atoms with Gasteiger partial charge in [-0.25, -0.2) is 4.79 Å². The van der Waals surface area contributed by atoms with E-state index in [2.05, 4.69) is 22.3 Å². The predicted molar refractivity (Wildman–Crippen MR) is 79.2 cm³/mol. The standard InChI is InChI=1S/C15H22N2O3/c1-3-14(15(18)19-2)16-12-4-6-13(7-5-12)17-8-10-20-11-9-17/h4-7,14,16H,3,8-11H2,1-2H3. The summed E-state index contributed by atoms with van der Waals surface area (Å²) < 4.78 is 10.1. The molecule has 1 aromatic carbocycles. The van der Waals surface area contributed by atoms with Crippen LogP contribution in [-0.4, -0.2) is 45.4 Å². The molecular formula is C15H22N2O3. The normalized spacial score (nSPS) is 16.6. The quantitative estimate of drug-likeness (QED) is 0.834. The summed E-state index contributed by atoms with van der Waals surface area (Å²) in [5, 5.41) is 3.19. The number of methoxy groups -OCH3 is 1. The van der Waals surface area contributed by atoms with Gasteiger partial charge in [-0.05, 0) is 30.7 Å². The van der Waals surface area contributed by atoms with Crippen LogP contribution in [0.2, 0.25) is 0 Å². The van der Waals surface area contributed by atoms with Crippen LogP contribution in [0.5, 0.6) is 0 Å². The van der Waals surface area contributed by atoms with Gasteiger partial charge in [-0.1, -0.05) is 6.92 Å². The van der Waals surface area contributed by atoms with E-state index in [1.54, 1.807) is 0 Å². The van der Waals surface area contributed by atoms with Crippen molar-refractivity contribution in [1.29, 1.82) is 0 Å². The molecule has 0 spiro atoms. The number of morpholine rings is 1. The van der Waals surface area contributed by atoms with Crippen molar-refractivity contribution in [3.8, 4) is 0 Å². The van der Waals surface area contributed by atoms with Crippen LogP contribution in [0, 0.1) is 0 Å². The van der Waals surface area contributed by atoms with E-state index in [-0.39, 0.29) is 12.0 Å². The molecule has 20 heavy (non-hydrogen) atoms. The van der Waals surface area contributed by atoms with Crippen molar-refractivity contribution in [2.24, 2.45) is 0 Å². The van der Waals surface area contributed by atoms with Crippen LogP contribution in [0.4, 0.5) is 11.4 Å². The molecule has 0 bridgehead atoms. The van der Waals surface area contributed by atoms with Crippen molar-refractivity contribution >= 4 is 17.3 Å². The molecule has 5 nitrogen and oxygen atoms in total. The lowest BCUT2D eigenvalue weighted by Crippen LogP contribution is -2.36. The van der Waals surface area contributed by atoms with Gasteiger partial charge in [0.25, 0.3) is 0 Å². The summed E-state index contributed by atoms with van der Waals surface area (Å²) in [7, 11) is 1.41. The van der Waals surface area contributed by atoms with E-state index < -0.39 is 0 Å². The average molecular weight is 278 g/mol. The molecule has 0 aromatic heterocycles. The van der Waals surface area contributed by atoms with E-state index in [1.165, 1.54) is 12.8 Å². The molecule has 2 rings (SSSR count). The van der Waals surface area contributed by atoms with Gasteiger partial charge in [0.1, 0.15) is 6.04 Å². The zero-order valence-corrected chi connectivity index (χ0v) is 12.1. The van der Waals surface area contributed by atoms with E-state index in [4.69, 9.17) is 9.47 Å². The lowest BCUT2D eigenvalue weighted by molar-refractivity contribution is -0.141. The van der Waals surface area contributed by atoms with Gasteiger partial charge in [0.05, 0.1) is 20.3 Å². The largest absolute Gasteiger partial charge is 0.467 e. The Morgan fingerprint density at radius 3 is 2.55 bits per heavy atom.